The molecule has 0 fully saturated rings. The Hall–Kier alpha value is -1.40. The van der Waals surface area contributed by atoms with Crippen LogP contribution in [0.15, 0.2) is 29.2 Å². The number of rotatable bonds is 5. The van der Waals surface area contributed by atoms with Crippen LogP contribution in [-0.2, 0) is 14.8 Å². The fourth-order valence-corrected chi connectivity index (χ4v) is 2.48. The van der Waals surface area contributed by atoms with Crippen molar-refractivity contribution < 1.29 is 14.6 Å². The van der Waals surface area contributed by atoms with Crippen molar-refractivity contribution in [2.75, 3.05) is 26.0 Å². The molecule has 0 aliphatic rings. The molecular weight excluding hydrogens is 276 g/mol. The number of hydrogen-bond donors (Lipinski definition) is 0. The molecule has 0 atom stereocenters. The second-order valence-corrected chi connectivity index (χ2v) is 6.64. The number of hydrogen-bond acceptors (Lipinski definition) is 3. The fraction of sp³-hybridized carbons (Fsp3) is 0.500. The Morgan fingerprint density at radius 1 is 1.15 bits per heavy atom. The molecular formula is C14H26N2O3S. The molecule has 116 valence electrons. The molecule has 1 rings (SSSR count). The van der Waals surface area contributed by atoms with Gasteiger partial charge in [-0.25, -0.2) is 12.7 Å². The van der Waals surface area contributed by atoms with Gasteiger partial charge in [0.15, 0.2) is 0 Å². The van der Waals surface area contributed by atoms with Crippen molar-refractivity contribution in [2.24, 2.45) is 0 Å². The van der Waals surface area contributed by atoms with Gasteiger partial charge in [-0.2, -0.15) is 0 Å². The van der Waals surface area contributed by atoms with Gasteiger partial charge in [0.2, 0.25) is 15.9 Å². The Morgan fingerprint density at radius 2 is 1.65 bits per heavy atom. The molecule has 0 radical (unpaired) electrons. The first kappa shape index (κ1) is 18.6. The van der Waals surface area contributed by atoms with E-state index < -0.39 is 10.0 Å². The molecule has 20 heavy (non-hydrogen) atoms. The number of amides is 1. The van der Waals surface area contributed by atoms with Crippen LogP contribution in [0.2, 0.25) is 0 Å². The number of carbonyl (C=O) groups excluding carboxylic acids is 1. The molecule has 0 aliphatic carbocycles. The number of nitrogens with zero attached hydrogens (tertiary/aromatic N) is 2. The van der Waals surface area contributed by atoms with Crippen molar-refractivity contribution in [1.82, 2.24) is 4.31 Å². The molecule has 0 bridgehead atoms. The van der Waals surface area contributed by atoms with E-state index in [9.17, 15) is 13.2 Å². The van der Waals surface area contributed by atoms with E-state index >= 15 is 0 Å². The summed E-state index contributed by atoms with van der Waals surface area (Å²) in [6.07, 6.45) is 1.27. The van der Waals surface area contributed by atoms with E-state index in [1.165, 1.54) is 31.1 Å². The summed E-state index contributed by atoms with van der Waals surface area (Å²) in [5, 5.41) is 0. The van der Waals surface area contributed by atoms with Crippen LogP contribution < -0.4 is 4.90 Å². The average Bonchev–Trinajstić information content (AvgIpc) is 2.38. The summed E-state index contributed by atoms with van der Waals surface area (Å²) in [4.78, 5) is 13.5. The summed E-state index contributed by atoms with van der Waals surface area (Å²) in [7, 11) is 1.24. The third-order valence-electron chi connectivity index (χ3n) is 2.84. The zero-order valence-corrected chi connectivity index (χ0v) is 12.6. The SMILES string of the molecule is C.CCCC(=O)N(C)c1ccc(S(=O)(=O)N(C)C)cc1.[3HH]. The van der Waals surface area contributed by atoms with Crippen LogP contribution in [-0.4, -0.2) is 39.8 Å². The minimum atomic E-state index is -3.42. The quantitative estimate of drug-likeness (QED) is 0.840. The Labute approximate surface area is 123 Å². The highest BCUT2D eigenvalue weighted by Gasteiger charge is 2.17. The standard InChI is InChI=1S/C13H20N2O3S.CH4.H2/c1-5-6-13(16)15(4)11-7-9-12(10-8-11)19(17,18)14(2)3;;/h7-10H,5-6H2,1-4H3;1H4;1H/i;;1+2. The summed E-state index contributed by atoms with van der Waals surface area (Å²) in [6.45, 7) is 1.94. The van der Waals surface area contributed by atoms with Crippen LogP contribution in [0, 0.1) is 0 Å². The molecule has 1 aromatic rings. The van der Waals surface area contributed by atoms with Gasteiger partial charge in [0.05, 0.1) is 4.90 Å². The molecule has 0 N–H and O–H groups in total. The van der Waals surface area contributed by atoms with Gasteiger partial charge in [0, 0.05) is 34.7 Å². The zero-order valence-electron chi connectivity index (χ0n) is 11.8. The van der Waals surface area contributed by atoms with Gasteiger partial charge in [-0.3, -0.25) is 4.79 Å². The average molecular weight is 304 g/mol. The van der Waals surface area contributed by atoms with Crippen LogP contribution in [0.3, 0.4) is 0 Å². The molecule has 6 heteroatoms. The lowest BCUT2D eigenvalue weighted by molar-refractivity contribution is -0.118. The van der Waals surface area contributed by atoms with Crippen molar-refractivity contribution in [3.63, 3.8) is 0 Å². The summed E-state index contributed by atoms with van der Waals surface area (Å²) in [5.41, 5.74) is 0.691. The normalized spacial score (nSPS) is 11.1. The largest absolute Gasteiger partial charge is 0.316 e. The Morgan fingerprint density at radius 3 is 2.05 bits per heavy atom. The van der Waals surface area contributed by atoms with Crippen LogP contribution in [0.1, 0.15) is 28.6 Å². The van der Waals surface area contributed by atoms with Gasteiger partial charge in [-0.15, -0.1) is 0 Å². The molecule has 0 saturated carbocycles. The minimum absolute atomic E-state index is 0. The second kappa shape index (κ2) is 7.40. The van der Waals surface area contributed by atoms with Gasteiger partial charge in [0.1, 0.15) is 0 Å². The lowest BCUT2D eigenvalue weighted by Crippen LogP contribution is -2.26. The Bertz CT molecular complexity index is 542. The first-order chi connectivity index (χ1) is 8.80. The monoisotopic (exact) mass is 304 g/mol. The van der Waals surface area contributed by atoms with Crippen LogP contribution in [0.25, 0.3) is 0 Å². The predicted molar refractivity (Wildman–Crippen MR) is 84.5 cm³/mol. The first-order valence-corrected chi connectivity index (χ1v) is 7.54. The summed E-state index contributed by atoms with van der Waals surface area (Å²) >= 11 is 0. The molecule has 0 spiro atoms. The molecule has 0 saturated heterocycles. The maximum absolute atomic E-state index is 11.9. The smallest absolute Gasteiger partial charge is 0.242 e. The highest BCUT2D eigenvalue weighted by atomic mass is 32.2. The Kier molecular flexibility index (Phi) is 6.88. The molecule has 1 amide bonds. The van der Waals surface area contributed by atoms with Crippen LogP contribution in [0.5, 0.6) is 0 Å². The third kappa shape index (κ3) is 4.05. The predicted octanol–water partition coefficient (Wildman–Crippen LogP) is 2.58. The number of carbonyl (C=O) groups is 1. The van der Waals surface area contributed by atoms with Gasteiger partial charge in [-0.05, 0) is 30.7 Å². The van der Waals surface area contributed by atoms with Crippen LogP contribution in [0.4, 0.5) is 5.69 Å². The van der Waals surface area contributed by atoms with Gasteiger partial charge in [0.25, 0.3) is 0 Å². The maximum Gasteiger partial charge on any atom is 0.242 e. The topological polar surface area (TPSA) is 57.7 Å². The number of sulfonamides is 1. The summed E-state index contributed by atoms with van der Waals surface area (Å²) < 4.78 is 25.0. The molecule has 0 heterocycles. The molecule has 0 aliphatic heterocycles. The molecule has 5 nitrogen and oxygen atoms in total. The van der Waals surface area contributed by atoms with Gasteiger partial charge < -0.3 is 4.90 Å². The van der Waals surface area contributed by atoms with Gasteiger partial charge in [-0.1, -0.05) is 14.4 Å². The second-order valence-electron chi connectivity index (χ2n) is 4.48. The van der Waals surface area contributed by atoms with E-state index in [-0.39, 0.29) is 19.7 Å². The van der Waals surface area contributed by atoms with Crippen LogP contribution >= 0.6 is 0 Å². The van der Waals surface area contributed by atoms with E-state index in [2.05, 4.69) is 0 Å². The maximum atomic E-state index is 11.9. The van der Waals surface area contributed by atoms with E-state index in [0.29, 0.717) is 12.1 Å². The van der Waals surface area contributed by atoms with Crippen molar-refractivity contribution in [1.29, 1.82) is 0 Å². The highest BCUT2D eigenvalue weighted by molar-refractivity contribution is 7.89. The first-order valence-electron chi connectivity index (χ1n) is 6.10. The molecule has 1 aromatic carbocycles. The Balaban J connectivity index is 0. The summed E-state index contributed by atoms with van der Waals surface area (Å²) in [5.74, 6) is 0.0192. The lowest BCUT2D eigenvalue weighted by atomic mass is 10.2. The van der Waals surface area contributed by atoms with Crippen molar-refractivity contribution in [3.05, 3.63) is 24.3 Å². The lowest BCUT2D eigenvalue weighted by Gasteiger charge is -2.18. The van der Waals surface area contributed by atoms with Gasteiger partial charge >= 0.3 is 0 Å². The van der Waals surface area contributed by atoms with E-state index in [0.717, 1.165) is 10.7 Å². The van der Waals surface area contributed by atoms with E-state index in [4.69, 9.17) is 0 Å². The fourth-order valence-electron chi connectivity index (χ4n) is 1.58. The molecule has 0 aromatic heterocycles. The molecule has 0 unspecified atom stereocenters. The van der Waals surface area contributed by atoms with Crippen molar-refractivity contribution in [3.8, 4) is 0 Å². The van der Waals surface area contributed by atoms with Crippen molar-refractivity contribution in [2.45, 2.75) is 32.1 Å². The third-order valence-corrected chi connectivity index (χ3v) is 4.67. The number of anilines is 1. The summed E-state index contributed by atoms with van der Waals surface area (Å²) in [6, 6.07) is 6.31. The highest BCUT2D eigenvalue weighted by Crippen LogP contribution is 2.19. The minimum Gasteiger partial charge on any atom is -0.316 e. The van der Waals surface area contributed by atoms with E-state index in [1.807, 2.05) is 6.92 Å². The van der Waals surface area contributed by atoms with Crippen molar-refractivity contribution >= 4 is 21.6 Å². The van der Waals surface area contributed by atoms with E-state index in [1.54, 1.807) is 19.2 Å². The zero-order chi connectivity index (χ0) is 14.6. The number of benzene rings is 1.